The average molecular weight is 325 g/mol. The predicted octanol–water partition coefficient (Wildman–Crippen LogP) is -0.417. The number of aliphatic hydroxyl groups is 1. The summed E-state index contributed by atoms with van der Waals surface area (Å²) in [6.07, 6.45) is -1.09. The lowest BCUT2D eigenvalue weighted by Gasteiger charge is -2.26. The van der Waals surface area contributed by atoms with E-state index in [4.69, 9.17) is 5.11 Å². The second-order valence-electron chi connectivity index (χ2n) is 5.95. The van der Waals surface area contributed by atoms with E-state index in [1.807, 2.05) is 21.1 Å². The van der Waals surface area contributed by atoms with Gasteiger partial charge in [-0.25, -0.2) is 4.79 Å². The maximum absolute atomic E-state index is 11.0. The number of hydrogen-bond acceptors (Lipinski definition) is 6. The molecule has 0 spiro atoms. The van der Waals surface area contributed by atoms with Crippen LogP contribution in [0.2, 0.25) is 0 Å². The second-order valence-corrected chi connectivity index (χ2v) is 5.95. The third kappa shape index (κ3) is 12.0. The molecule has 0 fully saturated rings. The summed E-state index contributed by atoms with van der Waals surface area (Å²) in [4.78, 5) is 31.4. The molecular weight excluding hydrogens is 302 g/mol. The van der Waals surface area contributed by atoms with Gasteiger partial charge in [-0.15, -0.1) is 0 Å². The van der Waals surface area contributed by atoms with Crippen LogP contribution in [-0.2, 0) is 14.3 Å². The number of carboxylic acids is 1. The lowest BCUT2D eigenvalue weighted by atomic mass is 10.2. The molecule has 0 heterocycles. The number of quaternary nitrogens is 1. The third-order valence-electron chi connectivity index (χ3n) is 2.41. The van der Waals surface area contributed by atoms with Gasteiger partial charge in [-0.05, 0) is 12.1 Å². The van der Waals surface area contributed by atoms with Gasteiger partial charge in [-0.2, -0.15) is 0 Å². The largest absolute Gasteiger partial charge is 0.550 e. The zero-order valence-corrected chi connectivity index (χ0v) is 13.8. The topological polar surface area (TPSA) is 104 Å². The molecule has 0 bridgehead atoms. The Kier molecular flexibility index (Phi) is 8.75. The maximum atomic E-state index is 11.0. The molecule has 1 atom stereocenters. The van der Waals surface area contributed by atoms with Gasteiger partial charge in [0.15, 0.2) is 0 Å². The van der Waals surface area contributed by atoms with E-state index in [1.54, 1.807) is 30.3 Å². The summed E-state index contributed by atoms with van der Waals surface area (Å²) in [7, 11) is 5.66. The number of likely N-dealkylation sites (N-methyl/N-ethyl adjacent to an activating group) is 1. The zero-order chi connectivity index (χ0) is 18.0. The van der Waals surface area contributed by atoms with Crippen molar-refractivity contribution in [3.8, 4) is 0 Å². The van der Waals surface area contributed by atoms with Crippen LogP contribution in [0.5, 0.6) is 0 Å². The molecule has 0 saturated heterocycles. The average Bonchev–Trinajstić information content (AvgIpc) is 2.36. The number of ether oxygens (including phenoxy) is 1. The first-order valence-electron chi connectivity index (χ1n) is 6.97. The highest BCUT2D eigenvalue weighted by atomic mass is 16.6. The molecule has 1 aromatic rings. The van der Waals surface area contributed by atoms with Gasteiger partial charge in [-0.3, -0.25) is 4.79 Å². The summed E-state index contributed by atoms with van der Waals surface area (Å²) in [5.74, 6) is -2.40. The fraction of sp³-hybridized carbons (Fsp3) is 0.438. The summed E-state index contributed by atoms with van der Waals surface area (Å²) in [6.45, 7) is 1.62. The van der Waals surface area contributed by atoms with Crippen LogP contribution < -0.4 is 5.11 Å². The van der Waals surface area contributed by atoms with Crippen LogP contribution in [0.15, 0.2) is 30.3 Å². The van der Waals surface area contributed by atoms with Crippen molar-refractivity contribution in [1.82, 2.24) is 0 Å². The van der Waals surface area contributed by atoms with Gasteiger partial charge in [0.1, 0.15) is 12.6 Å². The van der Waals surface area contributed by atoms with Crippen molar-refractivity contribution in [2.24, 2.45) is 0 Å². The minimum absolute atomic E-state index is 0.282. The third-order valence-corrected chi connectivity index (χ3v) is 2.41. The summed E-state index contributed by atoms with van der Waals surface area (Å²) in [5, 5.41) is 19.1. The molecule has 128 valence electrons. The van der Waals surface area contributed by atoms with Crippen molar-refractivity contribution in [2.75, 3.05) is 27.7 Å². The summed E-state index contributed by atoms with van der Waals surface area (Å²) in [5.41, 5.74) is 0.382. The Hall–Kier alpha value is -2.25. The van der Waals surface area contributed by atoms with Crippen molar-refractivity contribution in [2.45, 2.75) is 19.4 Å². The SMILES string of the molecule is CC(=O)OC(=O)c1ccccc1.C[N+](C)(C)C[C@H](O)CC(=O)[O-]. The molecule has 7 nitrogen and oxygen atoms in total. The highest BCUT2D eigenvalue weighted by molar-refractivity contribution is 5.96. The predicted molar refractivity (Wildman–Crippen MR) is 81.1 cm³/mol. The molecule has 7 heteroatoms. The van der Waals surface area contributed by atoms with Crippen LogP contribution in [0, 0.1) is 0 Å². The molecule has 1 rings (SSSR count). The van der Waals surface area contributed by atoms with Crippen molar-refractivity contribution in [1.29, 1.82) is 0 Å². The number of aliphatic carboxylic acids is 1. The second kappa shape index (κ2) is 9.70. The minimum atomic E-state index is -1.20. The van der Waals surface area contributed by atoms with Gasteiger partial charge < -0.3 is 24.2 Å². The number of aliphatic hydroxyl groups excluding tert-OH is 1. The van der Waals surface area contributed by atoms with Crippen LogP contribution in [0.4, 0.5) is 0 Å². The van der Waals surface area contributed by atoms with E-state index in [-0.39, 0.29) is 6.42 Å². The van der Waals surface area contributed by atoms with Crippen molar-refractivity contribution < 1.29 is 33.8 Å². The Balaban J connectivity index is 0.000000423. The fourth-order valence-corrected chi connectivity index (χ4v) is 1.65. The smallest absolute Gasteiger partial charge is 0.345 e. The highest BCUT2D eigenvalue weighted by Crippen LogP contribution is 2.00. The van der Waals surface area contributed by atoms with Gasteiger partial charge in [0.25, 0.3) is 0 Å². The van der Waals surface area contributed by atoms with Crippen molar-refractivity contribution >= 4 is 17.9 Å². The minimum Gasteiger partial charge on any atom is -0.550 e. The molecule has 0 aliphatic heterocycles. The number of benzene rings is 1. The molecular formula is C16H23NO6. The molecule has 0 aromatic heterocycles. The number of nitrogens with zero attached hydrogens (tertiary/aromatic N) is 1. The van der Waals surface area contributed by atoms with Crippen LogP contribution in [0.25, 0.3) is 0 Å². The monoisotopic (exact) mass is 325 g/mol. The Morgan fingerprint density at radius 2 is 1.70 bits per heavy atom. The molecule has 0 saturated carbocycles. The Labute approximate surface area is 135 Å². The van der Waals surface area contributed by atoms with Crippen LogP contribution in [0.3, 0.4) is 0 Å². The summed E-state index contributed by atoms with van der Waals surface area (Å²) >= 11 is 0. The Bertz CT molecular complexity index is 521. The number of carbonyl (C=O) groups is 3. The Morgan fingerprint density at radius 3 is 2.09 bits per heavy atom. The maximum Gasteiger partial charge on any atom is 0.345 e. The van der Waals surface area contributed by atoms with Gasteiger partial charge in [-0.1, -0.05) is 18.2 Å². The van der Waals surface area contributed by atoms with E-state index in [1.165, 1.54) is 6.92 Å². The molecule has 0 aliphatic carbocycles. The molecule has 0 unspecified atom stereocenters. The van der Waals surface area contributed by atoms with Gasteiger partial charge >= 0.3 is 11.9 Å². The van der Waals surface area contributed by atoms with Gasteiger partial charge in [0, 0.05) is 19.3 Å². The molecule has 23 heavy (non-hydrogen) atoms. The quantitative estimate of drug-likeness (QED) is 0.448. The number of rotatable bonds is 5. The van der Waals surface area contributed by atoms with Gasteiger partial charge in [0.05, 0.1) is 26.7 Å². The zero-order valence-electron chi connectivity index (χ0n) is 13.8. The lowest BCUT2D eigenvalue weighted by Crippen LogP contribution is -2.43. The standard InChI is InChI=1S/C9H8O3.C7H15NO3/c1-7(10)12-9(11)8-5-3-2-4-6-8;1-8(2,3)5-6(9)4-7(10)11/h2-6H,1H3;6,9H,4-5H2,1-3H3/t;6-/m.1/s1. The van der Waals surface area contributed by atoms with E-state index in [0.29, 0.717) is 16.6 Å². The number of carbonyl (C=O) groups excluding carboxylic acids is 3. The van der Waals surface area contributed by atoms with Crippen LogP contribution >= 0.6 is 0 Å². The number of hydrogen-bond donors (Lipinski definition) is 1. The van der Waals surface area contributed by atoms with Crippen LogP contribution in [0.1, 0.15) is 23.7 Å². The summed E-state index contributed by atoms with van der Waals surface area (Å²) < 4.78 is 4.91. The lowest BCUT2D eigenvalue weighted by molar-refractivity contribution is -0.873. The van der Waals surface area contributed by atoms with E-state index in [2.05, 4.69) is 4.74 Å². The molecule has 0 radical (unpaired) electrons. The van der Waals surface area contributed by atoms with E-state index < -0.39 is 24.0 Å². The molecule has 0 aliphatic rings. The van der Waals surface area contributed by atoms with E-state index in [0.717, 1.165) is 0 Å². The summed E-state index contributed by atoms with van der Waals surface area (Å²) in [6, 6.07) is 8.37. The number of esters is 2. The highest BCUT2D eigenvalue weighted by Gasteiger charge is 2.14. The van der Waals surface area contributed by atoms with E-state index >= 15 is 0 Å². The number of carboxylic acid groups (broad SMARTS) is 1. The first-order valence-corrected chi connectivity index (χ1v) is 6.97. The van der Waals surface area contributed by atoms with Gasteiger partial charge in [0.2, 0.25) is 0 Å². The first kappa shape index (κ1) is 20.8. The molecule has 0 amide bonds. The van der Waals surface area contributed by atoms with Crippen molar-refractivity contribution in [3.63, 3.8) is 0 Å². The first-order chi connectivity index (χ1) is 10.5. The Morgan fingerprint density at radius 1 is 1.17 bits per heavy atom. The molecule has 1 N–H and O–H groups in total. The van der Waals surface area contributed by atoms with Crippen molar-refractivity contribution in [3.05, 3.63) is 35.9 Å². The fourth-order valence-electron chi connectivity index (χ4n) is 1.65. The molecule has 1 aromatic carbocycles. The van der Waals surface area contributed by atoms with E-state index in [9.17, 15) is 19.5 Å². The normalized spacial score (nSPS) is 11.7. The van der Waals surface area contributed by atoms with Crippen LogP contribution in [-0.4, -0.2) is 61.3 Å².